The molecule has 1 aromatic carbocycles. The van der Waals surface area contributed by atoms with Crippen LogP contribution in [0, 0.1) is 5.92 Å². The molecule has 20 heavy (non-hydrogen) atoms. The molecule has 0 aliphatic carbocycles. The highest BCUT2D eigenvalue weighted by atomic mass is 16.5. The van der Waals surface area contributed by atoms with Crippen LogP contribution in [0.5, 0.6) is 5.75 Å². The number of benzene rings is 1. The van der Waals surface area contributed by atoms with Gasteiger partial charge in [0, 0.05) is 20.1 Å². The first-order valence-corrected chi connectivity index (χ1v) is 6.18. The first-order valence-electron chi connectivity index (χ1n) is 6.18. The predicted molar refractivity (Wildman–Crippen MR) is 74.2 cm³/mol. The van der Waals surface area contributed by atoms with Gasteiger partial charge in [-0.1, -0.05) is 6.92 Å². The lowest BCUT2D eigenvalue weighted by atomic mass is 10.1. The molecule has 6 nitrogen and oxygen atoms in total. The van der Waals surface area contributed by atoms with Crippen molar-refractivity contribution in [3.05, 3.63) is 23.8 Å². The Morgan fingerprint density at radius 2 is 2.05 bits per heavy atom. The second-order valence-electron chi connectivity index (χ2n) is 4.53. The van der Waals surface area contributed by atoms with E-state index in [0.29, 0.717) is 18.0 Å². The molecule has 2 N–H and O–H groups in total. The highest BCUT2D eigenvalue weighted by Gasteiger charge is 2.13. The molecule has 110 valence electrons. The van der Waals surface area contributed by atoms with Gasteiger partial charge in [0.05, 0.1) is 18.4 Å². The predicted octanol–water partition coefficient (Wildman–Crippen LogP) is 2.00. The van der Waals surface area contributed by atoms with E-state index in [4.69, 9.17) is 14.6 Å². The number of carbonyl (C=O) groups is 2. The molecule has 1 rings (SSSR count). The number of nitrogens with one attached hydrogen (secondary N) is 1. The summed E-state index contributed by atoms with van der Waals surface area (Å²) in [5.41, 5.74) is 0.438. The lowest BCUT2D eigenvalue weighted by Gasteiger charge is -2.13. The fourth-order valence-electron chi connectivity index (χ4n) is 1.80. The Hall–Kier alpha value is -2.08. The number of aromatic carboxylic acids is 1. The largest absolute Gasteiger partial charge is 0.495 e. The second kappa shape index (κ2) is 7.49. The third-order valence-electron chi connectivity index (χ3n) is 2.71. The molecule has 0 saturated carbocycles. The summed E-state index contributed by atoms with van der Waals surface area (Å²) >= 11 is 0. The molecule has 6 heteroatoms. The van der Waals surface area contributed by atoms with Gasteiger partial charge in [-0.05, 0) is 24.1 Å². The molecule has 0 radical (unpaired) electrons. The molecule has 1 atom stereocenters. The molecule has 0 bridgehead atoms. The van der Waals surface area contributed by atoms with Crippen molar-refractivity contribution in [2.75, 3.05) is 26.1 Å². The van der Waals surface area contributed by atoms with Crippen LogP contribution in [-0.4, -0.2) is 37.8 Å². The molecule has 0 aliphatic rings. The van der Waals surface area contributed by atoms with Crippen molar-refractivity contribution in [2.24, 2.45) is 5.92 Å². The molecule has 0 fully saturated rings. The minimum atomic E-state index is -1.06. The minimum Gasteiger partial charge on any atom is -0.495 e. The van der Waals surface area contributed by atoms with E-state index in [0.717, 1.165) is 0 Å². The van der Waals surface area contributed by atoms with Gasteiger partial charge in [0.25, 0.3) is 0 Å². The van der Waals surface area contributed by atoms with Crippen molar-refractivity contribution < 1.29 is 24.2 Å². The third kappa shape index (κ3) is 4.55. The van der Waals surface area contributed by atoms with Crippen molar-refractivity contribution in [3.8, 4) is 5.75 Å². The fourth-order valence-corrected chi connectivity index (χ4v) is 1.80. The zero-order valence-electron chi connectivity index (χ0n) is 11.8. The van der Waals surface area contributed by atoms with E-state index in [9.17, 15) is 9.59 Å². The smallest absolute Gasteiger partial charge is 0.335 e. The lowest BCUT2D eigenvalue weighted by molar-refractivity contribution is -0.117. The molecule has 0 aromatic heterocycles. The molecule has 1 aromatic rings. The number of anilines is 1. The van der Waals surface area contributed by atoms with Crippen molar-refractivity contribution in [2.45, 2.75) is 13.3 Å². The molecule has 0 aliphatic heterocycles. The Bertz CT molecular complexity index is 486. The van der Waals surface area contributed by atoms with Crippen LogP contribution in [0.3, 0.4) is 0 Å². The highest BCUT2D eigenvalue weighted by molar-refractivity contribution is 5.95. The number of hydrogen-bond donors (Lipinski definition) is 2. The maximum absolute atomic E-state index is 11.9. The number of amides is 1. The molecule has 0 spiro atoms. The van der Waals surface area contributed by atoms with Gasteiger partial charge in [0.1, 0.15) is 5.75 Å². The van der Waals surface area contributed by atoms with Crippen LogP contribution in [0.15, 0.2) is 18.2 Å². The van der Waals surface area contributed by atoms with Crippen LogP contribution >= 0.6 is 0 Å². The molecular formula is C14H19NO5. The quantitative estimate of drug-likeness (QED) is 0.798. The summed E-state index contributed by atoms with van der Waals surface area (Å²) in [6.07, 6.45) is 0.286. The molecular weight excluding hydrogens is 262 g/mol. The number of rotatable bonds is 7. The van der Waals surface area contributed by atoms with Crippen LogP contribution in [0.2, 0.25) is 0 Å². The number of carbonyl (C=O) groups excluding carboxylic acids is 1. The van der Waals surface area contributed by atoms with Gasteiger partial charge in [-0.3, -0.25) is 4.79 Å². The van der Waals surface area contributed by atoms with E-state index in [1.165, 1.54) is 25.3 Å². The van der Waals surface area contributed by atoms with E-state index >= 15 is 0 Å². The van der Waals surface area contributed by atoms with Gasteiger partial charge in [-0.15, -0.1) is 0 Å². The summed E-state index contributed by atoms with van der Waals surface area (Å²) in [5.74, 6) is -0.775. The zero-order chi connectivity index (χ0) is 15.1. The van der Waals surface area contributed by atoms with E-state index < -0.39 is 5.97 Å². The Balaban J connectivity index is 2.81. The van der Waals surface area contributed by atoms with Crippen LogP contribution in [0.4, 0.5) is 5.69 Å². The summed E-state index contributed by atoms with van der Waals surface area (Å²) in [4.78, 5) is 22.8. The van der Waals surface area contributed by atoms with Crippen molar-refractivity contribution in [1.82, 2.24) is 0 Å². The molecule has 1 amide bonds. The van der Waals surface area contributed by atoms with Gasteiger partial charge >= 0.3 is 5.97 Å². The summed E-state index contributed by atoms with van der Waals surface area (Å²) < 4.78 is 10.1. The van der Waals surface area contributed by atoms with Crippen molar-refractivity contribution in [3.63, 3.8) is 0 Å². The van der Waals surface area contributed by atoms with Crippen LogP contribution < -0.4 is 10.1 Å². The van der Waals surface area contributed by atoms with Crippen LogP contribution in [0.1, 0.15) is 23.7 Å². The van der Waals surface area contributed by atoms with Crippen LogP contribution in [-0.2, 0) is 9.53 Å². The van der Waals surface area contributed by atoms with Crippen molar-refractivity contribution >= 4 is 17.6 Å². The number of ether oxygens (including phenoxy) is 2. The SMILES string of the molecule is COCC(C)CC(=O)Nc1cc(C(=O)O)ccc1OC. The minimum absolute atomic E-state index is 0.0775. The number of hydrogen-bond acceptors (Lipinski definition) is 4. The van der Waals surface area contributed by atoms with Crippen LogP contribution in [0.25, 0.3) is 0 Å². The first-order chi connectivity index (χ1) is 9.47. The highest BCUT2D eigenvalue weighted by Crippen LogP contribution is 2.26. The summed E-state index contributed by atoms with van der Waals surface area (Å²) in [6.45, 7) is 2.38. The number of carboxylic acids is 1. The Morgan fingerprint density at radius 1 is 1.35 bits per heavy atom. The number of carboxylic acid groups (broad SMARTS) is 1. The van der Waals surface area contributed by atoms with Gasteiger partial charge in [0.15, 0.2) is 0 Å². The van der Waals surface area contributed by atoms with Gasteiger partial charge < -0.3 is 19.9 Å². The van der Waals surface area contributed by atoms with Gasteiger partial charge in [-0.25, -0.2) is 4.79 Å². The fraction of sp³-hybridized carbons (Fsp3) is 0.429. The lowest BCUT2D eigenvalue weighted by Crippen LogP contribution is -2.18. The second-order valence-corrected chi connectivity index (χ2v) is 4.53. The topological polar surface area (TPSA) is 84.9 Å². The third-order valence-corrected chi connectivity index (χ3v) is 2.71. The van der Waals surface area contributed by atoms with Crippen molar-refractivity contribution in [1.29, 1.82) is 0 Å². The number of methoxy groups -OCH3 is 2. The van der Waals surface area contributed by atoms with E-state index in [2.05, 4.69) is 5.32 Å². The Kier molecular flexibility index (Phi) is 5.99. The normalized spacial score (nSPS) is 11.8. The summed E-state index contributed by atoms with van der Waals surface area (Å²) in [6, 6.07) is 4.31. The molecule has 0 heterocycles. The van der Waals surface area contributed by atoms with E-state index in [1.807, 2.05) is 6.92 Å². The average molecular weight is 281 g/mol. The monoisotopic (exact) mass is 281 g/mol. The maximum atomic E-state index is 11.9. The first kappa shape index (κ1) is 16.0. The maximum Gasteiger partial charge on any atom is 0.335 e. The van der Waals surface area contributed by atoms with Gasteiger partial charge in [0.2, 0.25) is 5.91 Å². The standard InChI is InChI=1S/C14H19NO5/c1-9(8-19-2)6-13(16)15-11-7-10(14(17)18)4-5-12(11)20-3/h4-5,7,9H,6,8H2,1-3H3,(H,15,16)(H,17,18). The Morgan fingerprint density at radius 3 is 2.60 bits per heavy atom. The van der Waals surface area contributed by atoms with E-state index in [1.54, 1.807) is 7.11 Å². The molecule has 1 unspecified atom stereocenters. The molecule has 0 saturated heterocycles. The average Bonchev–Trinajstić information content (AvgIpc) is 2.38. The Labute approximate surface area is 117 Å². The van der Waals surface area contributed by atoms with Gasteiger partial charge in [-0.2, -0.15) is 0 Å². The summed E-state index contributed by atoms with van der Waals surface area (Å²) in [5, 5.41) is 11.6. The van der Waals surface area contributed by atoms with E-state index in [-0.39, 0.29) is 23.8 Å². The summed E-state index contributed by atoms with van der Waals surface area (Å²) in [7, 11) is 3.03. The zero-order valence-corrected chi connectivity index (χ0v) is 11.8.